The minimum Gasteiger partial charge on any atom is -0.382 e. The van der Waals surface area contributed by atoms with E-state index >= 15 is 0 Å². The third kappa shape index (κ3) is 3.27. The topological polar surface area (TPSA) is 74.7 Å². The molecule has 4 nitrogen and oxygen atoms in total. The summed E-state index contributed by atoms with van der Waals surface area (Å²) in [7, 11) is 0. The van der Waals surface area contributed by atoms with Crippen molar-refractivity contribution in [1.29, 1.82) is 5.26 Å². The number of hydrogen-bond acceptors (Lipinski definition) is 5. The highest BCUT2D eigenvalue weighted by Crippen LogP contribution is 2.29. The van der Waals surface area contributed by atoms with E-state index in [1.807, 2.05) is 0 Å². The van der Waals surface area contributed by atoms with Crippen molar-refractivity contribution in [3.63, 3.8) is 0 Å². The summed E-state index contributed by atoms with van der Waals surface area (Å²) in [4.78, 5) is 0. The van der Waals surface area contributed by atoms with E-state index in [0.29, 0.717) is 0 Å². The van der Waals surface area contributed by atoms with Gasteiger partial charge in [0.25, 0.3) is 0 Å². The van der Waals surface area contributed by atoms with Crippen molar-refractivity contribution >= 4 is 22.4 Å². The lowest BCUT2D eigenvalue weighted by molar-refractivity contribution is -0.136. The number of nitrogens with zero attached hydrogens (tertiary/aromatic N) is 2. The molecule has 0 bridgehead atoms. The number of nitrogens with one attached hydrogen (secondary N) is 1. The van der Waals surface area contributed by atoms with Gasteiger partial charge < -0.3 is 11.1 Å². The summed E-state index contributed by atoms with van der Waals surface area (Å²) < 4.78 is 39.9. The predicted octanol–water partition coefficient (Wildman–Crippen LogP) is 2.35. The molecule has 0 fully saturated rings. The first kappa shape index (κ1) is 12.6. The molecule has 0 spiro atoms. The quantitative estimate of drug-likeness (QED) is 0.863. The first-order valence-electron chi connectivity index (χ1n) is 4.32. The molecule has 1 aromatic rings. The Labute approximate surface area is 94.0 Å². The molecule has 0 aliphatic carbocycles. The molecule has 0 aliphatic rings. The van der Waals surface area contributed by atoms with Crippen LogP contribution >= 0.6 is 11.5 Å². The Kier molecular flexibility index (Phi) is 3.59. The number of halogens is 3. The largest absolute Gasteiger partial charge is 0.391 e. The first-order valence-corrected chi connectivity index (χ1v) is 5.09. The highest BCUT2D eigenvalue weighted by atomic mass is 32.1. The molecule has 1 rings (SSSR count). The van der Waals surface area contributed by atoms with Gasteiger partial charge in [0.1, 0.15) is 16.6 Å². The molecule has 8 heteroatoms. The van der Waals surface area contributed by atoms with Gasteiger partial charge in [-0.05, 0) is 18.5 Å². The van der Waals surface area contributed by atoms with Crippen LogP contribution in [0.2, 0.25) is 0 Å². The molecule has 0 radical (unpaired) electrons. The average molecular weight is 250 g/mol. The zero-order valence-electron chi connectivity index (χ0n) is 8.30. The highest BCUT2D eigenvalue weighted by molar-refractivity contribution is 7.10. The molecule has 0 aliphatic heterocycles. The second-order valence-electron chi connectivity index (χ2n) is 3.25. The summed E-state index contributed by atoms with van der Waals surface area (Å²) in [6.07, 6.45) is -5.22. The number of anilines is 2. The van der Waals surface area contributed by atoms with E-state index in [4.69, 9.17) is 11.0 Å². The van der Waals surface area contributed by atoms with Crippen molar-refractivity contribution in [1.82, 2.24) is 4.37 Å². The highest BCUT2D eigenvalue weighted by Gasteiger charge is 2.30. The van der Waals surface area contributed by atoms with Crippen LogP contribution in [0.3, 0.4) is 0 Å². The maximum absolute atomic E-state index is 12.1. The predicted molar refractivity (Wildman–Crippen MR) is 55.0 cm³/mol. The first-order chi connectivity index (χ1) is 7.33. The molecule has 3 N–H and O–H groups in total. The molecule has 0 amide bonds. The smallest absolute Gasteiger partial charge is 0.382 e. The SMILES string of the molecule is CC(CC(F)(F)F)Nc1snc(N)c1C#N. The lowest BCUT2D eigenvalue weighted by Gasteiger charge is -2.15. The number of nitrogens with two attached hydrogens (primary N) is 1. The molecule has 0 saturated carbocycles. The van der Waals surface area contributed by atoms with Crippen LogP contribution in [0.5, 0.6) is 0 Å². The van der Waals surface area contributed by atoms with Gasteiger partial charge in [0.05, 0.1) is 6.42 Å². The lowest BCUT2D eigenvalue weighted by Crippen LogP contribution is -2.23. The molecule has 0 aromatic carbocycles. The molecule has 1 unspecified atom stereocenters. The number of hydrogen-bond donors (Lipinski definition) is 2. The van der Waals surface area contributed by atoms with Crippen LogP contribution < -0.4 is 11.1 Å². The van der Waals surface area contributed by atoms with E-state index < -0.39 is 18.6 Å². The fourth-order valence-corrected chi connectivity index (χ4v) is 1.91. The second kappa shape index (κ2) is 4.57. The summed E-state index contributed by atoms with van der Waals surface area (Å²) >= 11 is 0.879. The third-order valence-electron chi connectivity index (χ3n) is 1.75. The van der Waals surface area contributed by atoms with Crippen LogP contribution in [-0.4, -0.2) is 16.6 Å². The minimum atomic E-state index is -4.24. The van der Waals surface area contributed by atoms with Crippen molar-refractivity contribution in [2.45, 2.75) is 25.6 Å². The van der Waals surface area contributed by atoms with E-state index in [1.54, 1.807) is 6.07 Å². The van der Waals surface area contributed by atoms with E-state index in [0.717, 1.165) is 11.5 Å². The van der Waals surface area contributed by atoms with E-state index in [1.165, 1.54) is 6.92 Å². The van der Waals surface area contributed by atoms with Crippen LogP contribution in [0.1, 0.15) is 18.9 Å². The van der Waals surface area contributed by atoms with Crippen LogP contribution in [0, 0.1) is 11.3 Å². The molecule has 1 aromatic heterocycles. The van der Waals surface area contributed by atoms with Crippen molar-refractivity contribution in [3.8, 4) is 6.07 Å². The monoisotopic (exact) mass is 250 g/mol. The van der Waals surface area contributed by atoms with Gasteiger partial charge in [-0.3, -0.25) is 0 Å². The van der Waals surface area contributed by atoms with Gasteiger partial charge in [-0.1, -0.05) is 0 Å². The van der Waals surface area contributed by atoms with Crippen LogP contribution in [-0.2, 0) is 0 Å². The Bertz CT molecular complexity index is 406. The maximum Gasteiger partial charge on any atom is 0.391 e. The molecule has 1 heterocycles. The molecule has 1 atom stereocenters. The Hall–Kier alpha value is -1.49. The molecular formula is C8H9F3N4S. The van der Waals surface area contributed by atoms with Crippen LogP contribution in [0.4, 0.5) is 24.0 Å². The minimum absolute atomic E-state index is 0.0363. The third-order valence-corrected chi connectivity index (χ3v) is 2.54. The summed E-state index contributed by atoms with van der Waals surface area (Å²) in [5, 5.41) is 11.6. The zero-order valence-corrected chi connectivity index (χ0v) is 9.11. The Morgan fingerprint density at radius 3 is 2.75 bits per heavy atom. The van der Waals surface area contributed by atoms with Crippen molar-refractivity contribution in [3.05, 3.63) is 5.56 Å². The number of rotatable bonds is 3. The van der Waals surface area contributed by atoms with Gasteiger partial charge in [-0.25, -0.2) is 0 Å². The Morgan fingerprint density at radius 1 is 1.62 bits per heavy atom. The lowest BCUT2D eigenvalue weighted by atomic mass is 10.2. The van der Waals surface area contributed by atoms with Crippen molar-refractivity contribution < 1.29 is 13.2 Å². The fraction of sp³-hybridized carbons (Fsp3) is 0.500. The van der Waals surface area contributed by atoms with Gasteiger partial charge in [0.15, 0.2) is 5.82 Å². The Morgan fingerprint density at radius 2 is 2.25 bits per heavy atom. The van der Waals surface area contributed by atoms with Gasteiger partial charge >= 0.3 is 6.18 Å². The van der Waals surface area contributed by atoms with Crippen LogP contribution in [0.15, 0.2) is 0 Å². The zero-order chi connectivity index (χ0) is 12.3. The Balaban J connectivity index is 2.71. The van der Waals surface area contributed by atoms with E-state index in [9.17, 15) is 13.2 Å². The summed E-state index contributed by atoms with van der Waals surface area (Å²) in [6, 6.07) is 0.964. The van der Waals surface area contributed by atoms with E-state index in [-0.39, 0.29) is 16.4 Å². The average Bonchev–Trinajstić information content (AvgIpc) is 2.43. The molecule has 88 valence electrons. The van der Waals surface area contributed by atoms with Crippen molar-refractivity contribution in [2.24, 2.45) is 0 Å². The van der Waals surface area contributed by atoms with Crippen molar-refractivity contribution in [2.75, 3.05) is 11.1 Å². The molecule has 0 saturated heterocycles. The van der Waals surface area contributed by atoms with Gasteiger partial charge in [0.2, 0.25) is 0 Å². The van der Waals surface area contributed by atoms with Crippen LogP contribution in [0.25, 0.3) is 0 Å². The normalized spacial score (nSPS) is 13.2. The number of nitriles is 1. The maximum atomic E-state index is 12.1. The summed E-state index contributed by atoms with van der Waals surface area (Å²) in [5.41, 5.74) is 5.47. The number of aromatic nitrogens is 1. The number of alkyl halides is 3. The van der Waals surface area contributed by atoms with Gasteiger partial charge in [0, 0.05) is 6.04 Å². The van der Waals surface area contributed by atoms with Gasteiger partial charge in [-0.2, -0.15) is 22.8 Å². The summed E-state index contributed by atoms with van der Waals surface area (Å²) in [6.45, 7) is 1.38. The molecular weight excluding hydrogens is 241 g/mol. The number of nitrogen functional groups attached to an aromatic ring is 1. The standard InChI is InChI=1S/C8H9F3N4S/c1-4(2-8(9,10)11)14-7-5(3-12)6(13)15-16-7/h4,14H,2H2,1H3,(H2,13,15). The second-order valence-corrected chi connectivity index (χ2v) is 4.02. The van der Waals surface area contributed by atoms with E-state index in [2.05, 4.69) is 9.69 Å². The molecule has 16 heavy (non-hydrogen) atoms. The fourth-order valence-electron chi connectivity index (χ4n) is 1.13. The van der Waals surface area contributed by atoms with Gasteiger partial charge in [-0.15, -0.1) is 0 Å². The summed E-state index contributed by atoms with van der Waals surface area (Å²) in [5.74, 6) is 0.0363.